The Morgan fingerprint density at radius 3 is 2.50 bits per heavy atom. The van der Waals surface area contributed by atoms with E-state index < -0.39 is 0 Å². The fourth-order valence-corrected chi connectivity index (χ4v) is 4.66. The van der Waals surface area contributed by atoms with Gasteiger partial charge in [0.05, 0.1) is 17.6 Å². The predicted molar refractivity (Wildman–Crippen MR) is 116 cm³/mol. The molecule has 30 heavy (non-hydrogen) atoms. The van der Waals surface area contributed by atoms with Crippen molar-refractivity contribution >= 4 is 22.8 Å². The summed E-state index contributed by atoms with van der Waals surface area (Å²) in [7, 11) is 0. The van der Waals surface area contributed by atoms with Gasteiger partial charge in [0.1, 0.15) is 6.10 Å². The minimum atomic E-state index is -0.261. The first-order valence-electron chi connectivity index (χ1n) is 10.6. The van der Waals surface area contributed by atoms with Gasteiger partial charge in [-0.25, -0.2) is 9.59 Å². The van der Waals surface area contributed by atoms with Crippen molar-refractivity contribution in [3.63, 3.8) is 0 Å². The highest BCUT2D eigenvalue weighted by Gasteiger charge is 2.32. The molecule has 0 spiro atoms. The third-order valence-electron chi connectivity index (χ3n) is 6.26. The van der Waals surface area contributed by atoms with Crippen molar-refractivity contribution in [3.8, 4) is 0 Å². The van der Waals surface area contributed by atoms with Gasteiger partial charge in [0, 0.05) is 31.4 Å². The molecule has 0 aliphatic carbocycles. The molecule has 0 saturated carbocycles. The molecular weight excluding hydrogens is 380 g/mol. The number of aromatic amines is 1. The SMILES string of the molecule is O=C1OC(CCN2CCC(n3c(=O)[nH]c4ccccc43)CC2)CN1c1ccccc1. The number of nitrogens with one attached hydrogen (secondary N) is 1. The summed E-state index contributed by atoms with van der Waals surface area (Å²) < 4.78 is 7.49. The first-order valence-corrected chi connectivity index (χ1v) is 10.6. The molecule has 1 unspecified atom stereocenters. The van der Waals surface area contributed by atoms with Gasteiger partial charge in [0.25, 0.3) is 0 Å². The van der Waals surface area contributed by atoms with Crippen molar-refractivity contribution in [2.45, 2.75) is 31.4 Å². The molecule has 1 atom stereocenters. The molecule has 2 saturated heterocycles. The summed E-state index contributed by atoms with van der Waals surface area (Å²) in [5, 5.41) is 0. The summed E-state index contributed by atoms with van der Waals surface area (Å²) in [6.07, 6.45) is 2.38. The van der Waals surface area contributed by atoms with Crippen LogP contribution >= 0.6 is 0 Å². The van der Waals surface area contributed by atoms with E-state index in [1.54, 1.807) is 4.90 Å². The lowest BCUT2D eigenvalue weighted by atomic mass is 10.0. The van der Waals surface area contributed by atoms with E-state index in [4.69, 9.17) is 4.74 Å². The van der Waals surface area contributed by atoms with E-state index in [9.17, 15) is 9.59 Å². The highest BCUT2D eigenvalue weighted by atomic mass is 16.6. The summed E-state index contributed by atoms with van der Waals surface area (Å²) in [6, 6.07) is 17.8. The number of anilines is 1. The van der Waals surface area contributed by atoms with E-state index in [0.717, 1.165) is 55.6 Å². The number of cyclic esters (lactones) is 1. The number of H-pyrrole nitrogens is 1. The first-order chi connectivity index (χ1) is 14.7. The maximum absolute atomic E-state index is 12.4. The van der Waals surface area contributed by atoms with Gasteiger partial charge in [-0.1, -0.05) is 30.3 Å². The Hall–Kier alpha value is -3.06. The lowest BCUT2D eigenvalue weighted by Gasteiger charge is -2.32. The number of hydrogen-bond donors (Lipinski definition) is 1. The minimum Gasteiger partial charge on any atom is -0.444 e. The van der Waals surface area contributed by atoms with Crippen LogP contribution in [0.25, 0.3) is 11.0 Å². The smallest absolute Gasteiger partial charge is 0.414 e. The Balaban J connectivity index is 1.15. The monoisotopic (exact) mass is 406 g/mol. The molecule has 1 N–H and O–H groups in total. The predicted octanol–water partition coefficient (Wildman–Crippen LogP) is 3.38. The van der Waals surface area contributed by atoms with Crippen LogP contribution in [0.5, 0.6) is 0 Å². The van der Waals surface area contributed by atoms with Gasteiger partial charge in [-0.05, 0) is 43.5 Å². The molecule has 5 rings (SSSR count). The summed E-state index contributed by atoms with van der Waals surface area (Å²) in [4.78, 5) is 31.7. The number of benzene rings is 2. The van der Waals surface area contributed by atoms with Crippen LogP contribution in [0.4, 0.5) is 10.5 Å². The average molecular weight is 406 g/mol. The van der Waals surface area contributed by atoms with Crippen molar-refractivity contribution in [1.29, 1.82) is 0 Å². The second-order valence-electron chi connectivity index (χ2n) is 8.13. The molecule has 1 amide bonds. The maximum Gasteiger partial charge on any atom is 0.414 e. The third-order valence-corrected chi connectivity index (χ3v) is 6.26. The van der Waals surface area contributed by atoms with Crippen LogP contribution in [0, 0.1) is 0 Å². The van der Waals surface area contributed by atoms with Crippen molar-refractivity contribution < 1.29 is 9.53 Å². The number of hydrogen-bond acceptors (Lipinski definition) is 4. The molecule has 3 heterocycles. The molecule has 2 aromatic carbocycles. The normalized spacial score (nSPS) is 20.7. The highest BCUT2D eigenvalue weighted by molar-refractivity contribution is 5.89. The molecular formula is C23H26N4O3. The third kappa shape index (κ3) is 3.61. The summed E-state index contributed by atoms with van der Waals surface area (Å²) in [6.45, 7) is 3.39. The molecule has 0 bridgehead atoms. The lowest BCUT2D eigenvalue weighted by Crippen LogP contribution is -2.38. The van der Waals surface area contributed by atoms with Gasteiger partial charge < -0.3 is 14.6 Å². The molecule has 156 valence electrons. The van der Waals surface area contributed by atoms with Crippen molar-refractivity contribution in [2.75, 3.05) is 31.1 Å². The van der Waals surface area contributed by atoms with E-state index in [0.29, 0.717) is 6.54 Å². The Bertz CT molecular complexity index is 1080. The van der Waals surface area contributed by atoms with Gasteiger partial charge >= 0.3 is 11.8 Å². The molecule has 2 aliphatic heterocycles. The van der Waals surface area contributed by atoms with Crippen molar-refractivity contribution in [1.82, 2.24) is 14.5 Å². The van der Waals surface area contributed by atoms with Crippen LogP contribution < -0.4 is 10.6 Å². The number of rotatable bonds is 5. The van der Waals surface area contributed by atoms with Crippen molar-refractivity contribution in [3.05, 3.63) is 65.1 Å². The Morgan fingerprint density at radius 2 is 1.70 bits per heavy atom. The maximum atomic E-state index is 12.4. The fourth-order valence-electron chi connectivity index (χ4n) is 4.66. The van der Waals surface area contributed by atoms with Crippen LogP contribution in [0.3, 0.4) is 0 Å². The number of para-hydroxylation sites is 3. The zero-order valence-corrected chi connectivity index (χ0v) is 16.9. The van der Waals surface area contributed by atoms with Gasteiger partial charge in [-0.2, -0.15) is 0 Å². The number of carbonyl (C=O) groups is 1. The summed E-state index contributed by atoms with van der Waals surface area (Å²) in [5.74, 6) is 0. The minimum absolute atomic E-state index is 0.0199. The van der Waals surface area contributed by atoms with Crippen LogP contribution in [0.15, 0.2) is 59.4 Å². The van der Waals surface area contributed by atoms with E-state index in [-0.39, 0.29) is 23.9 Å². The second-order valence-corrected chi connectivity index (χ2v) is 8.13. The number of piperidine rings is 1. The number of amides is 1. The topological polar surface area (TPSA) is 70.6 Å². The fraction of sp³-hybridized carbons (Fsp3) is 0.391. The number of likely N-dealkylation sites (tertiary alicyclic amines) is 1. The van der Waals surface area contributed by atoms with E-state index in [1.807, 2.05) is 59.2 Å². The Labute approximate surface area is 174 Å². The molecule has 2 aliphatic rings. The number of imidazole rings is 1. The standard InChI is InChI=1S/C23H26N4O3/c28-22-24-20-8-4-5-9-21(20)27(22)18-10-13-25(14-11-18)15-12-19-16-26(23(29)30-19)17-6-2-1-3-7-17/h1-9,18-19H,10-16H2,(H,24,28). The molecule has 7 heteroatoms. The number of carbonyl (C=O) groups excluding carboxylic acids is 1. The van der Waals surface area contributed by atoms with Crippen LogP contribution in [-0.2, 0) is 4.74 Å². The largest absolute Gasteiger partial charge is 0.444 e. The quantitative estimate of drug-likeness (QED) is 0.705. The average Bonchev–Trinajstić information content (AvgIpc) is 3.32. The summed E-state index contributed by atoms with van der Waals surface area (Å²) >= 11 is 0. The number of nitrogens with zero attached hydrogens (tertiary/aromatic N) is 3. The zero-order valence-electron chi connectivity index (χ0n) is 16.9. The van der Waals surface area contributed by atoms with Gasteiger partial charge in [0.2, 0.25) is 0 Å². The van der Waals surface area contributed by atoms with E-state index in [2.05, 4.69) is 9.88 Å². The summed E-state index contributed by atoms with van der Waals surface area (Å²) in [5.41, 5.74) is 2.75. The number of aromatic nitrogens is 2. The van der Waals surface area contributed by atoms with E-state index >= 15 is 0 Å². The molecule has 2 fully saturated rings. The van der Waals surface area contributed by atoms with E-state index in [1.165, 1.54) is 0 Å². The molecule has 7 nitrogen and oxygen atoms in total. The van der Waals surface area contributed by atoms with Crippen LogP contribution in [-0.4, -0.2) is 52.8 Å². The Kier molecular flexibility index (Phi) is 5.04. The number of ether oxygens (including phenoxy) is 1. The van der Waals surface area contributed by atoms with Gasteiger partial charge in [-0.3, -0.25) is 9.47 Å². The zero-order chi connectivity index (χ0) is 20.5. The lowest BCUT2D eigenvalue weighted by molar-refractivity contribution is 0.117. The van der Waals surface area contributed by atoms with Crippen LogP contribution in [0.1, 0.15) is 25.3 Å². The van der Waals surface area contributed by atoms with Crippen LogP contribution in [0.2, 0.25) is 0 Å². The number of fused-ring (bicyclic) bond motifs is 1. The molecule has 0 radical (unpaired) electrons. The molecule has 3 aromatic rings. The van der Waals surface area contributed by atoms with Crippen molar-refractivity contribution in [2.24, 2.45) is 0 Å². The van der Waals surface area contributed by atoms with Gasteiger partial charge in [-0.15, -0.1) is 0 Å². The molecule has 1 aromatic heterocycles. The van der Waals surface area contributed by atoms with Gasteiger partial charge in [0.15, 0.2) is 0 Å². The highest BCUT2D eigenvalue weighted by Crippen LogP contribution is 2.26. The first kappa shape index (κ1) is 18.9. The second kappa shape index (κ2) is 7.99. The Morgan fingerprint density at radius 1 is 0.967 bits per heavy atom.